The number of nitrogens with one attached hydrogen (secondary N) is 1. The number of hydrogen-bond acceptors (Lipinski definition) is 13. The minimum absolute atomic E-state index is 0.0290. The molecular formula is C32H41F3N8O6. The van der Waals surface area contributed by atoms with Gasteiger partial charge in [-0.1, -0.05) is 12.8 Å². The third kappa shape index (κ3) is 8.70. The van der Waals surface area contributed by atoms with Gasteiger partial charge in [-0.3, -0.25) is 19.1 Å². The number of carbonyl (C=O) groups excluding carboxylic acids is 2. The Hall–Kier alpha value is -4.19. The van der Waals surface area contributed by atoms with Gasteiger partial charge in [0.15, 0.2) is 11.4 Å². The van der Waals surface area contributed by atoms with Gasteiger partial charge in [0.2, 0.25) is 11.8 Å². The van der Waals surface area contributed by atoms with Crippen molar-refractivity contribution in [3.63, 3.8) is 0 Å². The summed E-state index contributed by atoms with van der Waals surface area (Å²) in [5.41, 5.74) is 5.44. The SMILES string of the molecule is CC(=O)c1c(C)c2c(OC(=O)C(F)(F)F)nc(Nc3ccc(N4CCN(CCOCCOCCN)CC4)cn3)nc2n(C2CCCC2)c1=O. The number of rotatable bonds is 14. The zero-order valence-corrected chi connectivity index (χ0v) is 27.6. The van der Waals surface area contributed by atoms with Crippen molar-refractivity contribution in [2.24, 2.45) is 5.73 Å². The Kier molecular flexibility index (Phi) is 11.8. The van der Waals surface area contributed by atoms with Crippen molar-refractivity contribution in [3.8, 4) is 5.88 Å². The standard InChI is InChI=1S/C32H41F3N8O6/c1-20-25(21(2)44)29(45)43(22-5-3-4-6-22)27-26(20)28(49-30(46)32(33,34)35)40-31(39-27)38-24-8-7-23(19-37-24)42-12-10-41(11-13-42)14-16-48-18-17-47-15-9-36/h7-8,19,22H,3-6,9-18,36H2,1-2H3,(H,37,38,39,40). The van der Waals surface area contributed by atoms with E-state index in [9.17, 15) is 27.6 Å². The van der Waals surface area contributed by atoms with Crippen molar-refractivity contribution in [3.05, 3.63) is 39.8 Å². The van der Waals surface area contributed by atoms with Crippen molar-refractivity contribution in [1.82, 2.24) is 24.4 Å². The zero-order valence-electron chi connectivity index (χ0n) is 27.6. The second-order valence-corrected chi connectivity index (χ2v) is 12.0. The van der Waals surface area contributed by atoms with Gasteiger partial charge in [0, 0.05) is 45.3 Å². The van der Waals surface area contributed by atoms with Crippen LogP contribution in [0.2, 0.25) is 0 Å². The van der Waals surface area contributed by atoms with Crippen molar-refractivity contribution < 1.29 is 37.0 Å². The molecule has 1 aliphatic carbocycles. The van der Waals surface area contributed by atoms with Crippen LogP contribution in [0.15, 0.2) is 23.1 Å². The summed E-state index contributed by atoms with van der Waals surface area (Å²) in [5.74, 6) is -3.76. The number of halogens is 3. The number of alkyl halides is 3. The fourth-order valence-electron chi connectivity index (χ4n) is 6.21. The zero-order chi connectivity index (χ0) is 35.1. The average molecular weight is 691 g/mol. The van der Waals surface area contributed by atoms with E-state index in [0.717, 1.165) is 51.3 Å². The number of nitrogens with two attached hydrogens (primary N) is 1. The molecule has 1 saturated carbocycles. The quantitative estimate of drug-likeness (QED) is 0.144. The second-order valence-electron chi connectivity index (χ2n) is 12.0. The molecule has 0 unspecified atom stereocenters. The predicted molar refractivity (Wildman–Crippen MR) is 175 cm³/mol. The number of aryl methyl sites for hydroxylation is 1. The van der Waals surface area contributed by atoms with Crippen LogP contribution < -0.4 is 26.2 Å². The Morgan fingerprint density at radius 2 is 1.71 bits per heavy atom. The van der Waals surface area contributed by atoms with Gasteiger partial charge in [-0.2, -0.15) is 23.1 Å². The Balaban J connectivity index is 1.35. The number of esters is 1. The number of aromatic nitrogens is 4. The van der Waals surface area contributed by atoms with Crippen LogP contribution in [-0.2, 0) is 14.3 Å². The number of Topliss-reactive ketones (excluding diaryl/α,β-unsaturated/α-hetero) is 1. The highest BCUT2D eigenvalue weighted by Crippen LogP contribution is 2.36. The van der Waals surface area contributed by atoms with Gasteiger partial charge in [-0.05, 0) is 44.4 Å². The molecule has 0 aromatic carbocycles. The summed E-state index contributed by atoms with van der Waals surface area (Å²) in [5, 5.41) is 2.76. The molecule has 49 heavy (non-hydrogen) atoms. The third-order valence-corrected chi connectivity index (χ3v) is 8.64. The molecule has 1 saturated heterocycles. The predicted octanol–water partition coefficient (Wildman–Crippen LogP) is 3.14. The lowest BCUT2D eigenvalue weighted by Crippen LogP contribution is -2.47. The smallest absolute Gasteiger partial charge is 0.400 e. The number of ketones is 1. The van der Waals surface area contributed by atoms with Crippen LogP contribution in [0.1, 0.15) is 54.6 Å². The molecule has 2 aliphatic rings. The van der Waals surface area contributed by atoms with Gasteiger partial charge in [-0.25, -0.2) is 9.78 Å². The third-order valence-electron chi connectivity index (χ3n) is 8.64. The largest absolute Gasteiger partial charge is 0.491 e. The van der Waals surface area contributed by atoms with Crippen LogP contribution in [0.4, 0.5) is 30.6 Å². The number of hydrogen-bond donors (Lipinski definition) is 2. The number of nitrogens with zero attached hydrogens (tertiary/aromatic N) is 6. The minimum atomic E-state index is -5.32. The fourth-order valence-corrected chi connectivity index (χ4v) is 6.21. The lowest BCUT2D eigenvalue weighted by Gasteiger charge is -2.35. The lowest BCUT2D eigenvalue weighted by molar-refractivity contribution is -0.189. The van der Waals surface area contributed by atoms with Gasteiger partial charge in [-0.15, -0.1) is 0 Å². The maximum absolute atomic E-state index is 13.7. The van der Waals surface area contributed by atoms with E-state index in [1.807, 2.05) is 6.07 Å². The monoisotopic (exact) mass is 690 g/mol. The number of ether oxygens (including phenoxy) is 3. The Bertz CT molecular complexity index is 1690. The summed E-state index contributed by atoms with van der Waals surface area (Å²) in [7, 11) is 0. The van der Waals surface area contributed by atoms with Gasteiger partial charge in [0.25, 0.3) is 5.56 Å². The molecule has 0 radical (unpaired) electrons. The van der Waals surface area contributed by atoms with Crippen molar-refractivity contribution in [1.29, 1.82) is 0 Å². The molecule has 0 atom stereocenters. The van der Waals surface area contributed by atoms with E-state index in [4.69, 9.17) is 19.9 Å². The number of pyridine rings is 2. The molecular weight excluding hydrogens is 649 g/mol. The molecule has 1 aliphatic heterocycles. The summed E-state index contributed by atoms with van der Waals surface area (Å²) in [6.45, 7) is 9.28. The second kappa shape index (κ2) is 16.0. The molecule has 3 aromatic heterocycles. The Labute approximate surface area is 280 Å². The molecule has 266 valence electrons. The highest BCUT2D eigenvalue weighted by Gasteiger charge is 2.42. The Morgan fingerprint density at radius 1 is 1.02 bits per heavy atom. The summed E-state index contributed by atoms with van der Waals surface area (Å²) in [4.78, 5) is 55.8. The first-order valence-electron chi connectivity index (χ1n) is 16.3. The summed E-state index contributed by atoms with van der Waals surface area (Å²) in [6, 6.07) is 3.17. The van der Waals surface area contributed by atoms with E-state index in [2.05, 4.69) is 30.1 Å². The van der Waals surface area contributed by atoms with Gasteiger partial charge in [0.05, 0.1) is 49.3 Å². The molecule has 4 heterocycles. The van der Waals surface area contributed by atoms with Crippen LogP contribution in [-0.4, -0.2) is 108 Å². The summed E-state index contributed by atoms with van der Waals surface area (Å²) < 4.78 is 57.0. The van der Waals surface area contributed by atoms with Crippen molar-refractivity contribution in [2.75, 3.05) is 75.9 Å². The molecule has 0 bridgehead atoms. The maximum atomic E-state index is 13.7. The number of piperazine rings is 1. The van der Waals surface area contributed by atoms with E-state index in [1.165, 1.54) is 18.4 Å². The normalized spacial score (nSPS) is 16.0. The molecule has 17 heteroatoms. The van der Waals surface area contributed by atoms with Crippen LogP contribution in [0.5, 0.6) is 5.88 Å². The van der Waals surface area contributed by atoms with Crippen LogP contribution in [0.25, 0.3) is 11.0 Å². The first-order valence-corrected chi connectivity index (χ1v) is 16.3. The van der Waals surface area contributed by atoms with E-state index >= 15 is 0 Å². The molecule has 3 aromatic rings. The van der Waals surface area contributed by atoms with E-state index in [0.29, 0.717) is 45.8 Å². The van der Waals surface area contributed by atoms with Gasteiger partial charge < -0.3 is 30.2 Å². The average Bonchev–Trinajstić information content (AvgIpc) is 3.59. The minimum Gasteiger partial charge on any atom is -0.400 e. The van der Waals surface area contributed by atoms with E-state index < -0.39 is 29.4 Å². The molecule has 0 amide bonds. The first kappa shape index (κ1) is 36.1. The van der Waals surface area contributed by atoms with Crippen LogP contribution >= 0.6 is 0 Å². The summed E-state index contributed by atoms with van der Waals surface area (Å²) >= 11 is 0. The van der Waals surface area contributed by atoms with Crippen LogP contribution in [0.3, 0.4) is 0 Å². The number of fused-ring (bicyclic) bond motifs is 1. The van der Waals surface area contributed by atoms with Crippen molar-refractivity contribution in [2.45, 2.75) is 51.7 Å². The molecule has 3 N–H and O–H groups in total. The Morgan fingerprint density at radius 3 is 2.33 bits per heavy atom. The number of anilines is 3. The highest BCUT2D eigenvalue weighted by atomic mass is 19.4. The topological polar surface area (TPSA) is 167 Å². The first-order chi connectivity index (χ1) is 23.5. The highest BCUT2D eigenvalue weighted by molar-refractivity contribution is 6.01. The molecule has 14 nitrogen and oxygen atoms in total. The maximum Gasteiger partial charge on any atom is 0.491 e. The lowest BCUT2D eigenvalue weighted by atomic mass is 10.0. The molecule has 5 rings (SSSR count). The number of carbonyl (C=O) groups is 2. The van der Waals surface area contributed by atoms with E-state index in [1.54, 1.807) is 12.3 Å². The molecule has 0 spiro atoms. The molecule has 2 fully saturated rings. The van der Waals surface area contributed by atoms with Crippen LogP contribution in [0, 0.1) is 6.92 Å². The summed E-state index contributed by atoms with van der Waals surface area (Å²) in [6.07, 6.45) is -0.810. The fraction of sp³-hybridized carbons (Fsp3) is 0.562. The van der Waals surface area contributed by atoms with Gasteiger partial charge in [0.1, 0.15) is 5.82 Å². The van der Waals surface area contributed by atoms with E-state index in [-0.39, 0.29) is 40.0 Å². The van der Waals surface area contributed by atoms with Crippen molar-refractivity contribution >= 4 is 40.2 Å². The van der Waals surface area contributed by atoms with Gasteiger partial charge >= 0.3 is 12.1 Å².